The van der Waals surface area contributed by atoms with Crippen molar-refractivity contribution in [3.05, 3.63) is 40.4 Å². The van der Waals surface area contributed by atoms with Gasteiger partial charge in [0, 0.05) is 13.6 Å². The topological polar surface area (TPSA) is 84.2 Å². The molecule has 2 aromatic rings. The van der Waals surface area contributed by atoms with Crippen LogP contribution in [0.15, 0.2) is 29.1 Å². The van der Waals surface area contributed by atoms with Crippen molar-refractivity contribution < 1.29 is 9.90 Å². The van der Waals surface area contributed by atoms with E-state index in [-0.39, 0.29) is 17.9 Å². The summed E-state index contributed by atoms with van der Waals surface area (Å²) in [4.78, 5) is 28.2. The predicted molar refractivity (Wildman–Crippen MR) is 71.0 cm³/mol. The van der Waals surface area contributed by atoms with Crippen LogP contribution in [0.2, 0.25) is 0 Å². The lowest BCUT2D eigenvalue weighted by molar-refractivity contribution is 0.0909. The molecule has 1 aromatic carbocycles. The van der Waals surface area contributed by atoms with E-state index in [4.69, 9.17) is 5.11 Å². The van der Waals surface area contributed by atoms with Gasteiger partial charge in [-0.05, 0) is 19.1 Å². The van der Waals surface area contributed by atoms with Crippen molar-refractivity contribution in [3.63, 3.8) is 0 Å². The molecule has 2 rings (SSSR count). The van der Waals surface area contributed by atoms with E-state index in [9.17, 15) is 9.59 Å². The molecule has 0 aliphatic carbocycles. The molecule has 0 saturated heterocycles. The second kappa shape index (κ2) is 5.19. The van der Waals surface area contributed by atoms with Crippen LogP contribution in [0.3, 0.4) is 0 Å². The van der Waals surface area contributed by atoms with Crippen LogP contribution in [0.1, 0.15) is 17.5 Å². The zero-order valence-electron chi connectivity index (χ0n) is 10.8. The second-order valence-corrected chi connectivity index (χ2v) is 4.38. The summed E-state index contributed by atoms with van der Waals surface area (Å²) in [5.74, 6) is -0.449. The molecule has 0 spiro atoms. The molecule has 1 atom stereocenters. The van der Waals surface area contributed by atoms with Gasteiger partial charge in [-0.25, -0.2) is 4.98 Å². The van der Waals surface area contributed by atoms with E-state index in [0.717, 1.165) is 0 Å². The van der Waals surface area contributed by atoms with Crippen LogP contribution < -0.4 is 10.9 Å². The maximum absolute atomic E-state index is 12.1. The number of aromatic nitrogens is 2. The average molecular weight is 261 g/mol. The number of nitrogens with one attached hydrogen (secondary N) is 1. The standard InChI is InChI=1S/C13H15N3O3/c1-8(17)7-14-12(18)11-15-10-6-4-3-5-9(10)13(19)16(11)2/h3-6,8,17H,7H2,1-2H3,(H,14,18)/t8-/m1/s1. The molecule has 6 heteroatoms. The number of para-hydroxylation sites is 1. The first-order chi connectivity index (χ1) is 9.00. The number of benzene rings is 1. The Hall–Kier alpha value is -2.21. The van der Waals surface area contributed by atoms with Crippen molar-refractivity contribution in [3.8, 4) is 0 Å². The molecule has 0 aliphatic rings. The average Bonchev–Trinajstić information content (AvgIpc) is 2.40. The maximum Gasteiger partial charge on any atom is 0.287 e. The molecule has 1 heterocycles. The molecule has 1 aromatic heterocycles. The van der Waals surface area contributed by atoms with Crippen LogP contribution in [0.5, 0.6) is 0 Å². The van der Waals surface area contributed by atoms with Gasteiger partial charge < -0.3 is 10.4 Å². The number of amides is 1. The normalized spacial score (nSPS) is 12.4. The highest BCUT2D eigenvalue weighted by Crippen LogP contribution is 2.06. The van der Waals surface area contributed by atoms with Gasteiger partial charge >= 0.3 is 0 Å². The van der Waals surface area contributed by atoms with Crippen molar-refractivity contribution in [2.75, 3.05) is 6.54 Å². The molecule has 6 nitrogen and oxygen atoms in total. The van der Waals surface area contributed by atoms with Crippen molar-refractivity contribution in [2.45, 2.75) is 13.0 Å². The van der Waals surface area contributed by atoms with Gasteiger partial charge in [0.25, 0.3) is 11.5 Å². The second-order valence-electron chi connectivity index (χ2n) is 4.38. The highest BCUT2D eigenvalue weighted by Gasteiger charge is 2.15. The zero-order valence-corrected chi connectivity index (χ0v) is 10.8. The van der Waals surface area contributed by atoms with Gasteiger partial charge in [0.2, 0.25) is 5.82 Å². The van der Waals surface area contributed by atoms with E-state index >= 15 is 0 Å². The van der Waals surface area contributed by atoms with Gasteiger partial charge in [-0.3, -0.25) is 14.2 Å². The number of aliphatic hydroxyl groups is 1. The van der Waals surface area contributed by atoms with Crippen molar-refractivity contribution in [1.29, 1.82) is 0 Å². The monoisotopic (exact) mass is 261 g/mol. The van der Waals surface area contributed by atoms with E-state index in [0.29, 0.717) is 10.9 Å². The Morgan fingerprint density at radius 2 is 2.16 bits per heavy atom. The number of aliphatic hydroxyl groups excluding tert-OH is 1. The first kappa shape index (κ1) is 13.2. The summed E-state index contributed by atoms with van der Waals surface area (Å²) in [6.07, 6.45) is -0.651. The maximum atomic E-state index is 12.1. The number of fused-ring (bicyclic) bond motifs is 1. The predicted octanol–water partition coefficient (Wildman–Crippen LogP) is 0.0441. The Morgan fingerprint density at radius 1 is 1.47 bits per heavy atom. The van der Waals surface area contributed by atoms with Crippen LogP contribution in [-0.4, -0.2) is 33.2 Å². The van der Waals surface area contributed by atoms with Crippen LogP contribution in [0.25, 0.3) is 10.9 Å². The zero-order chi connectivity index (χ0) is 14.0. The molecule has 100 valence electrons. The molecule has 1 amide bonds. The number of carbonyl (C=O) groups is 1. The summed E-state index contributed by atoms with van der Waals surface area (Å²) < 4.78 is 1.21. The molecule has 0 unspecified atom stereocenters. The fraction of sp³-hybridized carbons (Fsp3) is 0.308. The summed E-state index contributed by atoms with van der Waals surface area (Å²) in [6, 6.07) is 6.86. The van der Waals surface area contributed by atoms with Crippen LogP contribution in [0, 0.1) is 0 Å². The highest BCUT2D eigenvalue weighted by molar-refractivity contribution is 5.92. The number of hydrogen-bond acceptors (Lipinski definition) is 4. The van der Waals surface area contributed by atoms with Gasteiger partial charge in [-0.2, -0.15) is 0 Å². The summed E-state index contributed by atoms with van der Waals surface area (Å²) in [5.41, 5.74) is 0.209. The Morgan fingerprint density at radius 3 is 2.84 bits per heavy atom. The quantitative estimate of drug-likeness (QED) is 0.817. The van der Waals surface area contributed by atoms with Gasteiger partial charge in [-0.1, -0.05) is 12.1 Å². The molecule has 2 N–H and O–H groups in total. The minimum atomic E-state index is -0.651. The SMILES string of the molecule is C[C@@H](O)CNC(=O)c1nc2ccccc2c(=O)n1C. The van der Waals surface area contributed by atoms with Crippen molar-refractivity contribution in [2.24, 2.45) is 7.05 Å². The van der Waals surface area contributed by atoms with Gasteiger partial charge in [0.15, 0.2) is 0 Å². The lowest BCUT2D eigenvalue weighted by atomic mass is 10.2. The Bertz CT molecular complexity index is 676. The van der Waals surface area contributed by atoms with Crippen molar-refractivity contribution in [1.82, 2.24) is 14.9 Å². The fourth-order valence-electron chi connectivity index (χ4n) is 1.74. The molecule has 0 aliphatic heterocycles. The molecule has 0 bridgehead atoms. The first-order valence-corrected chi connectivity index (χ1v) is 5.92. The Kier molecular flexibility index (Phi) is 3.62. The third-order valence-electron chi connectivity index (χ3n) is 2.74. The largest absolute Gasteiger partial charge is 0.392 e. The van der Waals surface area contributed by atoms with Gasteiger partial charge in [0.1, 0.15) is 0 Å². The molecule has 0 fully saturated rings. The number of carbonyl (C=O) groups excluding carboxylic acids is 1. The van der Waals surface area contributed by atoms with Crippen LogP contribution >= 0.6 is 0 Å². The summed E-state index contributed by atoms with van der Waals surface area (Å²) in [7, 11) is 1.50. The molecular weight excluding hydrogens is 246 g/mol. The van der Waals surface area contributed by atoms with Crippen molar-refractivity contribution >= 4 is 16.8 Å². The number of nitrogens with zero attached hydrogens (tertiary/aromatic N) is 2. The van der Waals surface area contributed by atoms with Crippen LogP contribution in [0.4, 0.5) is 0 Å². The Balaban J connectivity index is 2.47. The number of hydrogen-bond donors (Lipinski definition) is 2. The summed E-state index contributed by atoms with van der Waals surface area (Å²) in [6.45, 7) is 1.68. The first-order valence-electron chi connectivity index (χ1n) is 5.92. The summed E-state index contributed by atoms with van der Waals surface area (Å²) >= 11 is 0. The molecular formula is C13H15N3O3. The Labute approximate surface area is 109 Å². The lowest BCUT2D eigenvalue weighted by Gasteiger charge is -2.10. The lowest BCUT2D eigenvalue weighted by Crippen LogP contribution is -2.35. The van der Waals surface area contributed by atoms with E-state index in [1.54, 1.807) is 31.2 Å². The van der Waals surface area contributed by atoms with Gasteiger partial charge in [-0.15, -0.1) is 0 Å². The molecule has 0 radical (unpaired) electrons. The van der Waals surface area contributed by atoms with E-state index in [1.807, 2.05) is 0 Å². The molecule has 19 heavy (non-hydrogen) atoms. The smallest absolute Gasteiger partial charge is 0.287 e. The van der Waals surface area contributed by atoms with E-state index < -0.39 is 12.0 Å². The third-order valence-corrected chi connectivity index (χ3v) is 2.74. The molecule has 0 saturated carbocycles. The van der Waals surface area contributed by atoms with E-state index in [2.05, 4.69) is 10.3 Å². The van der Waals surface area contributed by atoms with Crippen LogP contribution in [-0.2, 0) is 7.05 Å². The van der Waals surface area contributed by atoms with Gasteiger partial charge in [0.05, 0.1) is 17.0 Å². The highest BCUT2D eigenvalue weighted by atomic mass is 16.3. The minimum absolute atomic E-state index is 0.0318. The minimum Gasteiger partial charge on any atom is -0.392 e. The third kappa shape index (κ3) is 2.63. The number of rotatable bonds is 3. The fourth-order valence-corrected chi connectivity index (χ4v) is 1.74. The summed E-state index contributed by atoms with van der Waals surface area (Å²) in [5, 5.41) is 12.1. The van der Waals surface area contributed by atoms with E-state index in [1.165, 1.54) is 11.6 Å².